The van der Waals surface area contributed by atoms with Crippen LogP contribution in [0.1, 0.15) is 23.1 Å². The van der Waals surface area contributed by atoms with Crippen LogP contribution in [0.2, 0.25) is 5.02 Å². The maximum absolute atomic E-state index is 12.9. The van der Waals surface area contributed by atoms with Gasteiger partial charge in [-0.3, -0.25) is 9.59 Å². The number of imide groups is 1. The summed E-state index contributed by atoms with van der Waals surface area (Å²) in [6, 6.07) is 8.69. The van der Waals surface area contributed by atoms with Crippen molar-refractivity contribution in [2.24, 2.45) is 0 Å². The molecule has 0 aromatic heterocycles. The first-order valence-corrected chi connectivity index (χ1v) is 8.73. The van der Waals surface area contributed by atoms with Crippen molar-refractivity contribution in [3.63, 3.8) is 0 Å². The molecule has 3 rings (SSSR count). The molecule has 1 saturated heterocycles. The Bertz CT molecular complexity index is 875. The second-order valence-electron chi connectivity index (χ2n) is 6.62. The van der Waals surface area contributed by atoms with Crippen LogP contribution in [0.3, 0.4) is 0 Å². The molecule has 1 aliphatic heterocycles. The predicted molar refractivity (Wildman–Crippen MR) is 103 cm³/mol. The van der Waals surface area contributed by atoms with E-state index in [2.05, 4.69) is 11.4 Å². The highest BCUT2D eigenvalue weighted by Gasteiger charge is 2.41. The van der Waals surface area contributed by atoms with Gasteiger partial charge in [0, 0.05) is 16.8 Å². The Kier molecular flexibility index (Phi) is 4.92. The Labute approximate surface area is 157 Å². The van der Waals surface area contributed by atoms with Crippen molar-refractivity contribution in [2.75, 3.05) is 17.3 Å². The SMILES string of the molecule is COc1cc(Cl)c(C)cc1N1C(=O)C[C@H](Nc2cc(C)cc(C)c2)C1=O. The number of carbonyl (C=O) groups is 2. The van der Waals surface area contributed by atoms with Crippen molar-refractivity contribution in [1.29, 1.82) is 0 Å². The summed E-state index contributed by atoms with van der Waals surface area (Å²) >= 11 is 6.13. The Balaban J connectivity index is 1.91. The van der Waals surface area contributed by atoms with Gasteiger partial charge in [-0.05, 0) is 55.7 Å². The van der Waals surface area contributed by atoms with Crippen molar-refractivity contribution in [1.82, 2.24) is 0 Å². The molecule has 2 aromatic carbocycles. The van der Waals surface area contributed by atoms with Crippen LogP contribution in [0.15, 0.2) is 30.3 Å². The van der Waals surface area contributed by atoms with Crippen LogP contribution < -0.4 is 15.0 Å². The average Bonchev–Trinajstić information content (AvgIpc) is 2.82. The molecule has 0 radical (unpaired) electrons. The third kappa shape index (κ3) is 3.40. The van der Waals surface area contributed by atoms with E-state index in [1.165, 1.54) is 12.0 Å². The van der Waals surface area contributed by atoms with E-state index in [4.69, 9.17) is 16.3 Å². The molecule has 1 aliphatic rings. The molecule has 0 saturated carbocycles. The number of benzene rings is 2. The second-order valence-corrected chi connectivity index (χ2v) is 7.03. The Morgan fingerprint density at radius 1 is 1.08 bits per heavy atom. The molecule has 5 nitrogen and oxygen atoms in total. The number of rotatable bonds is 4. The smallest absolute Gasteiger partial charge is 0.256 e. The van der Waals surface area contributed by atoms with Gasteiger partial charge < -0.3 is 10.1 Å². The van der Waals surface area contributed by atoms with Gasteiger partial charge in [0.05, 0.1) is 19.2 Å². The van der Waals surface area contributed by atoms with E-state index >= 15 is 0 Å². The summed E-state index contributed by atoms with van der Waals surface area (Å²) in [5, 5.41) is 3.71. The Morgan fingerprint density at radius 3 is 2.35 bits per heavy atom. The number of hydrogen-bond donors (Lipinski definition) is 1. The lowest BCUT2D eigenvalue weighted by atomic mass is 10.1. The van der Waals surface area contributed by atoms with Gasteiger partial charge in [0.2, 0.25) is 5.91 Å². The van der Waals surface area contributed by atoms with Crippen LogP contribution >= 0.6 is 11.6 Å². The molecular weight excluding hydrogens is 352 g/mol. The summed E-state index contributed by atoms with van der Waals surface area (Å²) in [6.45, 7) is 5.81. The quantitative estimate of drug-likeness (QED) is 0.823. The zero-order chi connectivity index (χ0) is 19.0. The molecule has 1 heterocycles. The minimum atomic E-state index is -0.607. The Hall–Kier alpha value is -2.53. The van der Waals surface area contributed by atoms with Gasteiger partial charge in [-0.1, -0.05) is 17.7 Å². The van der Waals surface area contributed by atoms with Crippen LogP contribution in [-0.2, 0) is 9.59 Å². The number of ether oxygens (including phenoxy) is 1. The first kappa shape index (κ1) is 18.3. The van der Waals surface area contributed by atoms with E-state index in [0.29, 0.717) is 16.5 Å². The molecule has 136 valence electrons. The molecule has 1 atom stereocenters. The van der Waals surface area contributed by atoms with E-state index in [9.17, 15) is 9.59 Å². The number of carbonyl (C=O) groups excluding carboxylic acids is 2. The minimum absolute atomic E-state index is 0.0939. The van der Waals surface area contributed by atoms with Gasteiger partial charge in [-0.25, -0.2) is 4.90 Å². The molecule has 2 aromatic rings. The monoisotopic (exact) mass is 372 g/mol. The second kappa shape index (κ2) is 7.00. The molecule has 0 aliphatic carbocycles. The van der Waals surface area contributed by atoms with Crippen molar-refractivity contribution in [2.45, 2.75) is 33.2 Å². The summed E-state index contributed by atoms with van der Waals surface area (Å²) in [6.07, 6.45) is 0.0939. The van der Waals surface area contributed by atoms with E-state index in [1.54, 1.807) is 12.1 Å². The fourth-order valence-electron chi connectivity index (χ4n) is 3.24. The third-order valence-electron chi connectivity index (χ3n) is 4.41. The molecule has 0 unspecified atom stereocenters. The van der Waals surface area contributed by atoms with Gasteiger partial charge in [-0.15, -0.1) is 0 Å². The first-order valence-electron chi connectivity index (χ1n) is 8.36. The zero-order valence-corrected chi connectivity index (χ0v) is 16.0. The Morgan fingerprint density at radius 2 is 1.73 bits per heavy atom. The fourth-order valence-corrected chi connectivity index (χ4v) is 3.40. The van der Waals surface area contributed by atoms with Crippen LogP contribution in [0.4, 0.5) is 11.4 Å². The zero-order valence-electron chi connectivity index (χ0n) is 15.2. The molecule has 2 amide bonds. The third-order valence-corrected chi connectivity index (χ3v) is 4.82. The molecule has 1 N–H and O–H groups in total. The van der Waals surface area contributed by atoms with Crippen LogP contribution in [0, 0.1) is 20.8 Å². The summed E-state index contributed by atoms with van der Waals surface area (Å²) in [5.41, 5.74) is 4.21. The van der Waals surface area contributed by atoms with Crippen molar-refractivity contribution in [3.8, 4) is 5.75 Å². The lowest BCUT2D eigenvalue weighted by Crippen LogP contribution is -2.35. The van der Waals surface area contributed by atoms with E-state index in [0.717, 1.165) is 22.4 Å². The van der Waals surface area contributed by atoms with E-state index in [1.807, 2.05) is 32.9 Å². The van der Waals surface area contributed by atoms with E-state index in [-0.39, 0.29) is 18.2 Å². The molecule has 0 bridgehead atoms. The summed E-state index contributed by atoms with van der Waals surface area (Å²) in [4.78, 5) is 26.7. The normalized spacial score (nSPS) is 17.0. The molecule has 6 heteroatoms. The summed E-state index contributed by atoms with van der Waals surface area (Å²) in [7, 11) is 1.49. The number of anilines is 2. The number of amides is 2. The van der Waals surface area contributed by atoms with Gasteiger partial charge in [0.1, 0.15) is 11.8 Å². The topological polar surface area (TPSA) is 58.6 Å². The van der Waals surface area contributed by atoms with E-state index < -0.39 is 6.04 Å². The number of methoxy groups -OCH3 is 1. The lowest BCUT2D eigenvalue weighted by Gasteiger charge is -2.20. The number of nitrogens with one attached hydrogen (secondary N) is 1. The standard InChI is InChI=1S/C20H21ClN2O3/c1-11-5-12(2)7-14(6-11)22-16-10-19(24)23(20(16)25)17-8-13(3)15(21)9-18(17)26-4/h5-9,16,22H,10H2,1-4H3/t16-/m0/s1. The number of hydrogen-bond acceptors (Lipinski definition) is 4. The highest BCUT2D eigenvalue weighted by Crippen LogP contribution is 2.36. The predicted octanol–water partition coefficient (Wildman–Crippen LogP) is 4.02. The highest BCUT2D eigenvalue weighted by molar-refractivity contribution is 6.32. The minimum Gasteiger partial charge on any atom is -0.495 e. The van der Waals surface area contributed by atoms with Gasteiger partial charge in [0.25, 0.3) is 5.91 Å². The van der Waals surface area contributed by atoms with Crippen molar-refractivity contribution >= 4 is 34.8 Å². The maximum Gasteiger partial charge on any atom is 0.256 e. The number of halogens is 1. The lowest BCUT2D eigenvalue weighted by molar-refractivity contribution is -0.121. The summed E-state index contributed by atoms with van der Waals surface area (Å²) in [5.74, 6) is -0.166. The first-order chi connectivity index (χ1) is 12.3. The van der Waals surface area contributed by atoms with Gasteiger partial charge >= 0.3 is 0 Å². The van der Waals surface area contributed by atoms with Crippen molar-refractivity contribution < 1.29 is 14.3 Å². The maximum atomic E-state index is 12.9. The molecule has 1 fully saturated rings. The summed E-state index contributed by atoms with van der Waals surface area (Å²) < 4.78 is 5.32. The van der Waals surface area contributed by atoms with Gasteiger partial charge in [0.15, 0.2) is 0 Å². The fraction of sp³-hybridized carbons (Fsp3) is 0.300. The number of nitrogens with zero attached hydrogens (tertiary/aromatic N) is 1. The van der Waals surface area contributed by atoms with Crippen molar-refractivity contribution in [3.05, 3.63) is 52.0 Å². The van der Waals surface area contributed by atoms with Crippen LogP contribution in [0.25, 0.3) is 0 Å². The molecular formula is C20H21ClN2O3. The largest absolute Gasteiger partial charge is 0.495 e. The van der Waals surface area contributed by atoms with Gasteiger partial charge in [-0.2, -0.15) is 0 Å². The highest BCUT2D eigenvalue weighted by atomic mass is 35.5. The number of aryl methyl sites for hydroxylation is 3. The van der Waals surface area contributed by atoms with Crippen LogP contribution in [-0.4, -0.2) is 25.0 Å². The van der Waals surface area contributed by atoms with Crippen LogP contribution in [0.5, 0.6) is 5.75 Å². The molecule has 26 heavy (non-hydrogen) atoms. The average molecular weight is 373 g/mol. The molecule has 0 spiro atoms.